The number of hydrogen-bond donors (Lipinski definition) is 1. The van der Waals surface area contributed by atoms with Crippen molar-refractivity contribution < 1.29 is 9.59 Å². The second kappa shape index (κ2) is 8.65. The first kappa shape index (κ1) is 19.7. The van der Waals surface area contributed by atoms with E-state index in [0.717, 1.165) is 22.5 Å². The Hall–Kier alpha value is -2.62. The molecule has 0 aliphatic rings. The van der Waals surface area contributed by atoms with Crippen molar-refractivity contribution in [2.45, 2.75) is 47.0 Å². The van der Waals surface area contributed by atoms with E-state index < -0.39 is 0 Å². The Kier molecular flexibility index (Phi) is 6.56. The molecule has 0 radical (unpaired) electrons. The van der Waals surface area contributed by atoms with Crippen molar-refractivity contribution in [1.82, 2.24) is 0 Å². The number of carbonyl (C=O) groups is 2. The number of nitrogens with zero attached hydrogens (tertiary/aromatic N) is 1. The molecule has 0 bridgehead atoms. The topological polar surface area (TPSA) is 49.4 Å². The molecule has 0 atom stereocenters. The molecule has 1 N–H and O–H groups in total. The lowest BCUT2D eigenvalue weighted by molar-refractivity contribution is -0.117. The largest absolute Gasteiger partial charge is 0.326 e. The predicted molar refractivity (Wildman–Crippen MR) is 108 cm³/mol. The van der Waals surface area contributed by atoms with Gasteiger partial charge in [0.2, 0.25) is 11.8 Å². The van der Waals surface area contributed by atoms with Crippen molar-refractivity contribution >= 4 is 23.2 Å². The minimum absolute atomic E-state index is 0.0677. The molecule has 0 saturated carbocycles. The number of carbonyl (C=O) groups excluding carboxylic acids is 2. The maximum Gasteiger partial charge on any atom is 0.226 e. The summed E-state index contributed by atoms with van der Waals surface area (Å²) in [4.78, 5) is 26.0. The monoisotopic (exact) mass is 352 g/mol. The van der Waals surface area contributed by atoms with Crippen LogP contribution in [0.2, 0.25) is 0 Å². The van der Waals surface area contributed by atoms with Crippen molar-refractivity contribution in [3.8, 4) is 0 Å². The average molecular weight is 352 g/mol. The molecule has 0 heterocycles. The predicted octanol–water partition coefficient (Wildman–Crippen LogP) is 4.81. The van der Waals surface area contributed by atoms with Gasteiger partial charge in [-0.15, -0.1) is 0 Å². The smallest absolute Gasteiger partial charge is 0.226 e. The first-order valence-electron chi connectivity index (χ1n) is 9.03. The molecular formula is C22H28N2O2. The Balaban J connectivity index is 2.03. The number of amides is 2. The van der Waals surface area contributed by atoms with E-state index in [-0.39, 0.29) is 18.2 Å². The highest BCUT2D eigenvalue weighted by Crippen LogP contribution is 2.21. The molecule has 4 heteroatoms. The summed E-state index contributed by atoms with van der Waals surface area (Å²) in [5, 5.41) is 2.94. The SMILES string of the molecule is CC(=O)N(CCC(=O)Nc1cccc(C)c1C)c1ccc(C(C)C)cc1. The number of hydrogen-bond acceptors (Lipinski definition) is 2. The van der Waals surface area contributed by atoms with Crippen LogP contribution in [0.5, 0.6) is 0 Å². The van der Waals surface area contributed by atoms with Crippen molar-refractivity contribution in [3.05, 3.63) is 59.2 Å². The van der Waals surface area contributed by atoms with Crippen LogP contribution in [0, 0.1) is 13.8 Å². The maximum absolute atomic E-state index is 12.3. The van der Waals surface area contributed by atoms with Crippen LogP contribution in [0.1, 0.15) is 49.8 Å². The minimum atomic E-state index is -0.0937. The van der Waals surface area contributed by atoms with Crippen molar-refractivity contribution in [2.24, 2.45) is 0 Å². The summed E-state index contributed by atoms with van der Waals surface area (Å²) in [5.74, 6) is 0.281. The van der Waals surface area contributed by atoms with Crippen LogP contribution in [-0.2, 0) is 9.59 Å². The van der Waals surface area contributed by atoms with Crippen LogP contribution in [0.15, 0.2) is 42.5 Å². The van der Waals surface area contributed by atoms with Crippen LogP contribution >= 0.6 is 0 Å². The first-order chi connectivity index (χ1) is 12.3. The highest BCUT2D eigenvalue weighted by atomic mass is 16.2. The fourth-order valence-corrected chi connectivity index (χ4v) is 2.82. The molecule has 2 aromatic carbocycles. The van der Waals surface area contributed by atoms with E-state index in [2.05, 4.69) is 19.2 Å². The lowest BCUT2D eigenvalue weighted by atomic mass is 10.0. The van der Waals surface area contributed by atoms with E-state index in [4.69, 9.17) is 0 Å². The Bertz CT molecular complexity index is 779. The lowest BCUT2D eigenvalue weighted by Crippen LogP contribution is -2.32. The minimum Gasteiger partial charge on any atom is -0.326 e. The van der Waals surface area contributed by atoms with Gasteiger partial charge in [0.1, 0.15) is 0 Å². The molecule has 0 aliphatic carbocycles. The quantitative estimate of drug-likeness (QED) is 0.811. The summed E-state index contributed by atoms with van der Waals surface area (Å²) in [7, 11) is 0. The van der Waals surface area contributed by atoms with Crippen molar-refractivity contribution in [2.75, 3.05) is 16.8 Å². The standard InChI is InChI=1S/C22H28N2O2/c1-15(2)19-9-11-20(12-10-19)24(18(5)25)14-13-22(26)23-21-8-6-7-16(3)17(21)4/h6-12,15H,13-14H2,1-5H3,(H,23,26). The molecule has 2 amide bonds. The number of anilines is 2. The van der Waals surface area contributed by atoms with E-state index in [0.29, 0.717) is 12.5 Å². The summed E-state index contributed by atoms with van der Waals surface area (Å²) in [5.41, 5.74) is 5.07. The Morgan fingerprint density at radius 2 is 1.69 bits per heavy atom. The maximum atomic E-state index is 12.3. The van der Waals surface area contributed by atoms with E-state index in [9.17, 15) is 9.59 Å². The van der Waals surface area contributed by atoms with E-state index >= 15 is 0 Å². The van der Waals surface area contributed by atoms with E-state index in [1.165, 1.54) is 12.5 Å². The third-order valence-corrected chi connectivity index (χ3v) is 4.69. The van der Waals surface area contributed by atoms with Gasteiger partial charge in [0.15, 0.2) is 0 Å². The number of nitrogens with one attached hydrogen (secondary N) is 1. The summed E-state index contributed by atoms with van der Waals surface area (Å²) < 4.78 is 0. The summed E-state index contributed by atoms with van der Waals surface area (Å²) in [6.07, 6.45) is 0.249. The Morgan fingerprint density at radius 3 is 2.27 bits per heavy atom. The van der Waals surface area contributed by atoms with Gasteiger partial charge >= 0.3 is 0 Å². The van der Waals surface area contributed by atoms with Crippen LogP contribution in [-0.4, -0.2) is 18.4 Å². The Morgan fingerprint density at radius 1 is 1.04 bits per heavy atom. The second-order valence-corrected chi connectivity index (χ2v) is 6.96. The average Bonchev–Trinajstić information content (AvgIpc) is 2.59. The molecular weight excluding hydrogens is 324 g/mol. The van der Waals surface area contributed by atoms with Gasteiger partial charge in [-0.25, -0.2) is 0 Å². The molecule has 0 spiro atoms. The molecule has 0 unspecified atom stereocenters. The normalized spacial score (nSPS) is 10.7. The molecule has 138 valence electrons. The van der Waals surface area contributed by atoms with Gasteiger partial charge in [-0.2, -0.15) is 0 Å². The van der Waals surface area contributed by atoms with Gasteiger partial charge in [-0.1, -0.05) is 38.1 Å². The van der Waals surface area contributed by atoms with Gasteiger partial charge in [-0.3, -0.25) is 9.59 Å². The number of rotatable bonds is 6. The third kappa shape index (κ3) is 4.94. The van der Waals surface area contributed by atoms with Crippen LogP contribution < -0.4 is 10.2 Å². The number of aryl methyl sites for hydroxylation is 1. The van der Waals surface area contributed by atoms with Crippen molar-refractivity contribution in [1.29, 1.82) is 0 Å². The fourth-order valence-electron chi connectivity index (χ4n) is 2.82. The first-order valence-corrected chi connectivity index (χ1v) is 9.03. The van der Waals surface area contributed by atoms with Gasteiger partial charge in [-0.05, 0) is 54.7 Å². The highest BCUT2D eigenvalue weighted by Gasteiger charge is 2.14. The van der Waals surface area contributed by atoms with Crippen molar-refractivity contribution in [3.63, 3.8) is 0 Å². The highest BCUT2D eigenvalue weighted by molar-refractivity contribution is 5.95. The van der Waals surface area contributed by atoms with Crippen LogP contribution in [0.25, 0.3) is 0 Å². The molecule has 0 saturated heterocycles. The fraction of sp³-hybridized carbons (Fsp3) is 0.364. The van der Waals surface area contributed by atoms with Crippen LogP contribution in [0.3, 0.4) is 0 Å². The molecule has 2 rings (SSSR count). The number of benzene rings is 2. The zero-order valence-corrected chi connectivity index (χ0v) is 16.3. The van der Waals surface area contributed by atoms with E-state index in [1.807, 2.05) is 56.3 Å². The Labute approximate surface area is 156 Å². The molecule has 2 aromatic rings. The molecule has 26 heavy (non-hydrogen) atoms. The summed E-state index contributed by atoms with van der Waals surface area (Å²) >= 11 is 0. The zero-order chi connectivity index (χ0) is 19.3. The van der Waals surface area contributed by atoms with Gasteiger partial charge < -0.3 is 10.2 Å². The second-order valence-electron chi connectivity index (χ2n) is 6.96. The van der Waals surface area contributed by atoms with Gasteiger partial charge in [0.05, 0.1) is 0 Å². The van der Waals surface area contributed by atoms with Crippen LogP contribution in [0.4, 0.5) is 11.4 Å². The summed E-state index contributed by atoms with van der Waals surface area (Å²) in [6, 6.07) is 13.8. The lowest BCUT2D eigenvalue weighted by Gasteiger charge is -2.22. The third-order valence-electron chi connectivity index (χ3n) is 4.69. The molecule has 0 fully saturated rings. The van der Waals surface area contributed by atoms with E-state index in [1.54, 1.807) is 4.90 Å². The molecule has 4 nitrogen and oxygen atoms in total. The summed E-state index contributed by atoms with van der Waals surface area (Å²) in [6.45, 7) is 10.2. The van der Waals surface area contributed by atoms with Gasteiger partial charge in [0.25, 0.3) is 0 Å². The molecule has 0 aromatic heterocycles. The molecule has 0 aliphatic heterocycles. The zero-order valence-electron chi connectivity index (χ0n) is 16.3. The van der Waals surface area contributed by atoms with Gasteiger partial charge in [0, 0.05) is 31.3 Å².